The molecule has 0 unspecified atom stereocenters. The summed E-state index contributed by atoms with van der Waals surface area (Å²) in [5, 5.41) is 3.74. The summed E-state index contributed by atoms with van der Waals surface area (Å²) in [7, 11) is 0. The van der Waals surface area contributed by atoms with Crippen LogP contribution in [0.4, 0.5) is 13.2 Å². The molecule has 82 valence electrons. The van der Waals surface area contributed by atoms with Crippen molar-refractivity contribution in [2.45, 2.75) is 39.9 Å². The number of nitrogens with zero attached hydrogens (tertiary/aromatic N) is 2. The minimum atomic E-state index is -4.10. The molecule has 0 spiro atoms. The van der Waals surface area contributed by atoms with Crippen LogP contribution < -0.4 is 0 Å². The van der Waals surface area contributed by atoms with E-state index in [1.807, 2.05) is 13.8 Å². The summed E-state index contributed by atoms with van der Waals surface area (Å²) in [6, 6.07) is 0. The van der Waals surface area contributed by atoms with E-state index in [-0.39, 0.29) is 6.54 Å². The fourth-order valence-corrected chi connectivity index (χ4v) is 0.831. The number of alkyl halides is 3. The molecule has 0 bridgehead atoms. The molecule has 0 aliphatic heterocycles. The Morgan fingerprint density at radius 1 is 1.36 bits per heavy atom. The van der Waals surface area contributed by atoms with Gasteiger partial charge in [-0.15, -0.1) is 0 Å². The third kappa shape index (κ3) is 5.61. The Balaban J connectivity index is 0.000000791. The Kier molecular flexibility index (Phi) is 5.27. The normalized spacial score (nSPS) is 10.7. The standard InChI is InChI=1S/C7H9F3N2.C2H6/c1-6-4-11-12(5-6)3-2-7(8,9)10;1-2/h4-5H,2-3H2,1H3;1-2H3. The van der Waals surface area contributed by atoms with Crippen LogP contribution in [0.1, 0.15) is 25.8 Å². The third-order valence-electron chi connectivity index (χ3n) is 1.39. The van der Waals surface area contributed by atoms with E-state index in [1.165, 1.54) is 10.9 Å². The van der Waals surface area contributed by atoms with Crippen molar-refractivity contribution in [2.75, 3.05) is 0 Å². The zero-order chi connectivity index (χ0) is 11.2. The Morgan fingerprint density at radius 2 is 1.93 bits per heavy atom. The predicted molar refractivity (Wildman–Crippen MR) is 49.0 cm³/mol. The second kappa shape index (κ2) is 5.67. The van der Waals surface area contributed by atoms with Gasteiger partial charge in [-0.3, -0.25) is 4.68 Å². The summed E-state index contributed by atoms with van der Waals surface area (Å²) in [4.78, 5) is 0. The van der Waals surface area contributed by atoms with Crippen molar-refractivity contribution < 1.29 is 13.2 Å². The topological polar surface area (TPSA) is 17.8 Å². The van der Waals surface area contributed by atoms with Crippen LogP contribution in [0, 0.1) is 6.92 Å². The molecule has 0 aliphatic rings. The van der Waals surface area contributed by atoms with Gasteiger partial charge in [0.05, 0.1) is 12.6 Å². The van der Waals surface area contributed by atoms with Crippen LogP contribution in [0.15, 0.2) is 12.4 Å². The highest BCUT2D eigenvalue weighted by molar-refractivity contribution is 4.99. The van der Waals surface area contributed by atoms with Gasteiger partial charge in [0.2, 0.25) is 0 Å². The van der Waals surface area contributed by atoms with Crippen LogP contribution in [-0.4, -0.2) is 16.0 Å². The van der Waals surface area contributed by atoms with Gasteiger partial charge in [0.15, 0.2) is 0 Å². The van der Waals surface area contributed by atoms with E-state index in [2.05, 4.69) is 5.10 Å². The number of aryl methyl sites for hydroxylation is 2. The van der Waals surface area contributed by atoms with Crippen molar-refractivity contribution in [3.05, 3.63) is 18.0 Å². The Labute approximate surface area is 81.7 Å². The van der Waals surface area contributed by atoms with Gasteiger partial charge in [-0.25, -0.2) is 0 Å². The molecular formula is C9H15F3N2. The van der Waals surface area contributed by atoms with Gasteiger partial charge in [-0.05, 0) is 12.5 Å². The second-order valence-electron chi connectivity index (χ2n) is 2.65. The smallest absolute Gasteiger partial charge is 0.272 e. The van der Waals surface area contributed by atoms with Crippen molar-refractivity contribution in [2.24, 2.45) is 0 Å². The average Bonchev–Trinajstić information content (AvgIpc) is 2.50. The molecule has 0 N–H and O–H groups in total. The average molecular weight is 208 g/mol. The molecule has 14 heavy (non-hydrogen) atoms. The van der Waals surface area contributed by atoms with Crippen molar-refractivity contribution in [1.82, 2.24) is 9.78 Å². The first kappa shape index (κ1) is 13.0. The molecule has 0 amide bonds. The molecule has 0 atom stereocenters. The van der Waals surface area contributed by atoms with Gasteiger partial charge in [0.25, 0.3) is 0 Å². The molecule has 0 radical (unpaired) electrons. The molecule has 0 saturated carbocycles. The molecular weight excluding hydrogens is 193 g/mol. The van der Waals surface area contributed by atoms with Crippen LogP contribution in [0.3, 0.4) is 0 Å². The lowest BCUT2D eigenvalue weighted by atomic mass is 10.4. The number of rotatable bonds is 2. The van der Waals surface area contributed by atoms with Gasteiger partial charge in [0, 0.05) is 12.7 Å². The van der Waals surface area contributed by atoms with Crippen molar-refractivity contribution in [1.29, 1.82) is 0 Å². The maximum atomic E-state index is 11.7. The fourth-order valence-electron chi connectivity index (χ4n) is 0.831. The highest BCUT2D eigenvalue weighted by Gasteiger charge is 2.26. The van der Waals surface area contributed by atoms with Crippen LogP contribution in [0.25, 0.3) is 0 Å². The number of halogens is 3. The van der Waals surface area contributed by atoms with E-state index in [1.54, 1.807) is 13.1 Å². The lowest BCUT2D eigenvalue weighted by Gasteiger charge is -2.05. The van der Waals surface area contributed by atoms with Gasteiger partial charge < -0.3 is 0 Å². The minimum absolute atomic E-state index is 0.0999. The molecule has 1 rings (SSSR count). The van der Waals surface area contributed by atoms with Crippen LogP contribution in [0.2, 0.25) is 0 Å². The Bertz CT molecular complexity index is 253. The van der Waals surface area contributed by atoms with E-state index < -0.39 is 12.6 Å². The first-order valence-corrected chi connectivity index (χ1v) is 4.53. The highest BCUT2D eigenvalue weighted by Crippen LogP contribution is 2.19. The Morgan fingerprint density at radius 3 is 2.29 bits per heavy atom. The number of aromatic nitrogens is 2. The molecule has 0 saturated heterocycles. The zero-order valence-corrected chi connectivity index (χ0v) is 8.60. The maximum absolute atomic E-state index is 11.7. The van der Waals surface area contributed by atoms with Crippen LogP contribution >= 0.6 is 0 Å². The van der Waals surface area contributed by atoms with Crippen molar-refractivity contribution >= 4 is 0 Å². The summed E-state index contributed by atoms with van der Waals surface area (Å²) < 4.78 is 36.4. The molecule has 1 aromatic heterocycles. The first-order chi connectivity index (χ1) is 6.47. The largest absolute Gasteiger partial charge is 0.390 e. The van der Waals surface area contributed by atoms with Gasteiger partial charge >= 0.3 is 6.18 Å². The molecule has 0 fully saturated rings. The predicted octanol–water partition coefficient (Wildman–Crippen LogP) is 3.17. The molecule has 1 aromatic rings. The SMILES string of the molecule is CC.Cc1cnn(CCC(F)(F)F)c1. The fraction of sp³-hybridized carbons (Fsp3) is 0.667. The Hall–Kier alpha value is -1.00. The monoisotopic (exact) mass is 208 g/mol. The summed E-state index contributed by atoms with van der Waals surface area (Å²) in [6.45, 7) is 5.69. The lowest BCUT2D eigenvalue weighted by molar-refractivity contribution is -0.137. The summed E-state index contributed by atoms with van der Waals surface area (Å²) in [6.07, 6.45) is -1.80. The number of hydrogen-bond acceptors (Lipinski definition) is 1. The van der Waals surface area contributed by atoms with Crippen LogP contribution in [0.5, 0.6) is 0 Å². The van der Waals surface area contributed by atoms with Crippen LogP contribution in [-0.2, 0) is 6.54 Å². The summed E-state index contributed by atoms with van der Waals surface area (Å²) >= 11 is 0. The lowest BCUT2D eigenvalue weighted by Crippen LogP contribution is -2.12. The van der Waals surface area contributed by atoms with E-state index in [9.17, 15) is 13.2 Å². The molecule has 5 heteroatoms. The van der Waals surface area contributed by atoms with Gasteiger partial charge in [-0.2, -0.15) is 18.3 Å². The van der Waals surface area contributed by atoms with E-state index in [4.69, 9.17) is 0 Å². The second-order valence-corrected chi connectivity index (χ2v) is 2.65. The van der Waals surface area contributed by atoms with Crippen molar-refractivity contribution in [3.63, 3.8) is 0 Å². The molecule has 0 aromatic carbocycles. The minimum Gasteiger partial charge on any atom is -0.272 e. The highest BCUT2D eigenvalue weighted by atomic mass is 19.4. The zero-order valence-electron chi connectivity index (χ0n) is 8.60. The quantitative estimate of drug-likeness (QED) is 0.729. The van der Waals surface area contributed by atoms with E-state index in [0.29, 0.717) is 0 Å². The van der Waals surface area contributed by atoms with E-state index in [0.717, 1.165) is 5.56 Å². The molecule has 0 aliphatic carbocycles. The summed E-state index contributed by atoms with van der Waals surface area (Å²) in [5.41, 5.74) is 0.872. The number of hydrogen-bond donors (Lipinski definition) is 0. The van der Waals surface area contributed by atoms with Crippen molar-refractivity contribution in [3.8, 4) is 0 Å². The van der Waals surface area contributed by atoms with Gasteiger partial charge in [-0.1, -0.05) is 13.8 Å². The maximum Gasteiger partial charge on any atom is 0.390 e. The molecule has 1 heterocycles. The summed E-state index contributed by atoms with van der Waals surface area (Å²) in [5.74, 6) is 0. The first-order valence-electron chi connectivity index (χ1n) is 4.53. The molecule has 2 nitrogen and oxygen atoms in total. The van der Waals surface area contributed by atoms with Gasteiger partial charge in [0.1, 0.15) is 0 Å². The third-order valence-corrected chi connectivity index (χ3v) is 1.39. The van der Waals surface area contributed by atoms with E-state index >= 15 is 0 Å².